The van der Waals surface area contributed by atoms with Crippen molar-refractivity contribution in [3.8, 4) is 0 Å². The molecule has 0 amide bonds. The highest BCUT2D eigenvalue weighted by Gasteiger charge is 1.96. The van der Waals surface area contributed by atoms with Gasteiger partial charge in [-0.2, -0.15) is 16.9 Å². The first-order valence-electron chi connectivity index (χ1n) is 4.55. The molecule has 74 valence electrons. The number of aromatic nitrogens is 2. The second-order valence-corrected chi connectivity index (χ2v) is 4.62. The van der Waals surface area contributed by atoms with Gasteiger partial charge in [-0.25, -0.2) is 0 Å². The van der Waals surface area contributed by atoms with E-state index >= 15 is 0 Å². The number of aryl methyl sites for hydroxylation is 1. The van der Waals surface area contributed by atoms with Gasteiger partial charge in [0, 0.05) is 11.9 Å². The van der Waals surface area contributed by atoms with Crippen LogP contribution < -0.4 is 5.73 Å². The molecule has 0 aliphatic carbocycles. The molecule has 4 heteroatoms. The Morgan fingerprint density at radius 1 is 1.62 bits per heavy atom. The van der Waals surface area contributed by atoms with Crippen LogP contribution in [0.2, 0.25) is 0 Å². The Morgan fingerprint density at radius 3 is 2.92 bits per heavy atom. The molecule has 1 aromatic heterocycles. The highest BCUT2D eigenvalue weighted by molar-refractivity contribution is 7.99. The molecule has 0 saturated heterocycles. The van der Waals surface area contributed by atoms with Crippen molar-refractivity contribution in [3.05, 3.63) is 12.3 Å². The van der Waals surface area contributed by atoms with Gasteiger partial charge in [0.2, 0.25) is 0 Å². The van der Waals surface area contributed by atoms with Gasteiger partial charge >= 0.3 is 0 Å². The first kappa shape index (κ1) is 10.4. The van der Waals surface area contributed by atoms with Crippen LogP contribution in [0.25, 0.3) is 0 Å². The summed E-state index contributed by atoms with van der Waals surface area (Å²) >= 11 is 1.96. The fraction of sp³-hybridized carbons (Fsp3) is 0.667. The summed E-state index contributed by atoms with van der Waals surface area (Å²) in [5.74, 6) is 3.71. The molecule has 0 saturated carbocycles. The smallest absolute Gasteiger partial charge is 0.145 e. The van der Waals surface area contributed by atoms with E-state index in [4.69, 9.17) is 5.73 Å². The third-order valence-corrected chi connectivity index (χ3v) is 2.95. The lowest BCUT2D eigenvalue weighted by Gasteiger charge is -2.04. The van der Waals surface area contributed by atoms with E-state index in [0.717, 1.165) is 18.2 Å². The maximum atomic E-state index is 5.49. The minimum atomic E-state index is 0.605. The van der Waals surface area contributed by atoms with E-state index < -0.39 is 0 Å². The number of hydrogen-bond acceptors (Lipinski definition) is 3. The Labute approximate surface area is 83.7 Å². The molecular weight excluding hydrogens is 182 g/mol. The number of hydrogen-bond donors (Lipinski definition) is 1. The summed E-state index contributed by atoms with van der Waals surface area (Å²) in [6.07, 6.45) is 1.92. The Hall–Kier alpha value is -0.640. The number of nitrogens with two attached hydrogens (primary N) is 1. The number of anilines is 1. The molecule has 0 fully saturated rings. The number of nitrogens with zero attached hydrogens (tertiary/aromatic N) is 2. The molecule has 0 aliphatic rings. The quantitative estimate of drug-likeness (QED) is 0.736. The van der Waals surface area contributed by atoms with Crippen molar-refractivity contribution in [1.29, 1.82) is 0 Å². The second-order valence-electron chi connectivity index (χ2n) is 3.47. The summed E-state index contributed by atoms with van der Waals surface area (Å²) in [7, 11) is 0. The zero-order chi connectivity index (χ0) is 9.68. The summed E-state index contributed by atoms with van der Waals surface area (Å²) in [6.45, 7) is 5.42. The topological polar surface area (TPSA) is 43.8 Å². The maximum Gasteiger partial charge on any atom is 0.145 e. The largest absolute Gasteiger partial charge is 0.382 e. The molecule has 1 heterocycles. The average molecular weight is 199 g/mol. The van der Waals surface area contributed by atoms with Crippen molar-refractivity contribution in [3.63, 3.8) is 0 Å². The van der Waals surface area contributed by atoms with Gasteiger partial charge in [0.25, 0.3) is 0 Å². The second kappa shape index (κ2) is 5.17. The van der Waals surface area contributed by atoms with E-state index in [-0.39, 0.29) is 0 Å². The molecule has 0 aliphatic heterocycles. The van der Waals surface area contributed by atoms with Gasteiger partial charge in [-0.3, -0.25) is 4.68 Å². The van der Waals surface area contributed by atoms with Gasteiger partial charge in [-0.1, -0.05) is 13.8 Å². The lowest BCUT2D eigenvalue weighted by molar-refractivity contribution is 0.667. The fourth-order valence-corrected chi connectivity index (χ4v) is 1.93. The van der Waals surface area contributed by atoms with Crippen molar-refractivity contribution >= 4 is 17.6 Å². The van der Waals surface area contributed by atoms with Crippen molar-refractivity contribution in [2.24, 2.45) is 5.92 Å². The minimum absolute atomic E-state index is 0.605. The molecule has 1 rings (SSSR count). The highest BCUT2D eigenvalue weighted by atomic mass is 32.2. The monoisotopic (exact) mass is 199 g/mol. The van der Waals surface area contributed by atoms with E-state index in [1.807, 2.05) is 28.7 Å². The van der Waals surface area contributed by atoms with Crippen LogP contribution in [0.3, 0.4) is 0 Å². The van der Waals surface area contributed by atoms with Crippen LogP contribution in [0.5, 0.6) is 0 Å². The molecule has 0 radical (unpaired) electrons. The Balaban J connectivity index is 2.13. The molecular formula is C9H17N3S. The zero-order valence-corrected chi connectivity index (χ0v) is 9.05. The van der Waals surface area contributed by atoms with E-state index in [1.165, 1.54) is 5.75 Å². The average Bonchev–Trinajstić information content (AvgIpc) is 2.45. The van der Waals surface area contributed by atoms with Crippen LogP contribution in [0.15, 0.2) is 12.3 Å². The Bertz CT molecular complexity index is 245. The molecule has 1 aromatic rings. The summed E-state index contributed by atoms with van der Waals surface area (Å²) in [5, 5.41) is 4.11. The van der Waals surface area contributed by atoms with E-state index in [2.05, 4.69) is 18.9 Å². The van der Waals surface area contributed by atoms with Crippen LogP contribution in [0.4, 0.5) is 5.82 Å². The molecule has 0 unspecified atom stereocenters. The first-order valence-corrected chi connectivity index (χ1v) is 5.70. The predicted molar refractivity (Wildman–Crippen MR) is 58.8 cm³/mol. The van der Waals surface area contributed by atoms with Crippen LogP contribution in [0, 0.1) is 5.92 Å². The molecule has 3 nitrogen and oxygen atoms in total. The highest BCUT2D eigenvalue weighted by Crippen LogP contribution is 2.08. The number of thioether (sulfide) groups is 1. The molecule has 0 atom stereocenters. The van der Waals surface area contributed by atoms with E-state index in [0.29, 0.717) is 5.82 Å². The standard InChI is InChI=1S/C9H17N3S/c1-8(2)7-13-6-5-12-4-3-9(10)11-12/h3-4,8H,5-7H2,1-2H3,(H2,10,11). The third-order valence-electron chi connectivity index (χ3n) is 1.58. The van der Waals surface area contributed by atoms with Crippen LogP contribution in [-0.4, -0.2) is 21.3 Å². The normalized spacial score (nSPS) is 11.0. The fourth-order valence-electron chi connectivity index (χ4n) is 0.979. The van der Waals surface area contributed by atoms with Crippen molar-refractivity contribution in [2.75, 3.05) is 17.2 Å². The van der Waals surface area contributed by atoms with Crippen LogP contribution >= 0.6 is 11.8 Å². The summed E-state index contributed by atoms with van der Waals surface area (Å²) in [5.41, 5.74) is 5.49. The summed E-state index contributed by atoms with van der Waals surface area (Å²) in [6, 6.07) is 1.83. The van der Waals surface area contributed by atoms with Gasteiger partial charge in [0.1, 0.15) is 5.82 Å². The van der Waals surface area contributed by atoms with Gasteiger partial charge < -0.3 is 5.73 Å². The number of rotatable bonds is 5. The molecule has 2 N–H and O–H groups in total. The molecule has 0 spiro atoms. The third kappa shape index (κ3) is 4.22. The minimum Gasteiger partial charge on any atom is -0.382 e. The lowest BCUT2D eigenvalue weighted by Crippen LogP contribution is -2.03. The van der Waals surface area contributed by atoms with Crippen LogP contribution in [0.1, 0.15) is 13.8 Å². The predicted octanol–water partition coefficient (Wildman–Crippen LogP) is 1.85. The van der Waals surface area contributed by atoms with Gasteiger partial charge in [0.05, 0.1) is 6.54 Å². The van der Waals surface area contributed by atoms with Gasteiger partial charge in [0.15, 0.2) is 0 Å². The number of nitrogen functional groups attached to an aromatic ring is 1. The SMILES string of the molecule is CC(C)CSCCn1ccc(N)n1. The van der Waals surface area contributed by atoms with E-state index in [1.54, 1.807) is 0 Å². The van der Waals surface area contributed by atoms with E-state index in [9.17, 15) is 0 Å². The van der Waals surface area contributed by atoms with Crippen molar-refractivity contribution in [2.45, 2.75) is 20.4 Å². The molecule has 13 heavy (non-hydrogen) atoms. The summed E-state index contributed by atoms with van der Waals surface area (Å²) in [4.78, 5) is 0. The molecule has 0 aromatic carbocycles. The zero-order valence-electron chi connectivity index (χ0n) is 8.23. The van der Waals surface area contributed by atoms with Crippen molar-refractivity contribution < 1.29 is 0 Å². The van der Waals surface area contributed by atoms with Crippen LogP contribution in [-0.2, 0) is 6.54 Å². The lowest BCUT2D eigenvalue weighted by atomic mass is 10.3. The first-order chi connectivity index (χ1) is 6.18. The molecule has 0 bridgehead atoms. The Kier molecular flexibility index (Phi) is 4.15. The maximum absolute atomic E-state index is 5.49. The Morgan fingerprint density at radius 2 is 2.38 bits per heavy atom. The summed E-state index contributed by atoms with van der Waals surface area (Å²) < 4.78 is 1.89. The van der Waals surface area contributed by atoms with Gasteiger partial charge in [-0.15, -0.1) is 0 Å². The van der Waals surface area contributed by atoms with Crippen molar-refractivity contribution in [1.82, 2.24) is 9.78 Å². The van der Waals surface area contributed by atoms with Gasteiger partial charge in [-0.05, 0) is 17.7 Å².